The molecule has 0 unspecified atom stereocenters. The molecule has 0 saturated heterocycles. The number of hydrogen-bond acceptors (Lipinski definition) is 6. The van der Waals surface area contributed by atoms with Gasteiger partial charge in [-0.3, -0.25) is 4.79 Å². The number of anilines is 2. The highest BCUT2D eigenvalue weighted by Gasteiger charge is 2.31. The lowest BCUT2D eigenvalue weighted by Crippen LogP contribution is -2.27. The summed E-state index contributed by atoms with van der Waals surface area (Å²) in [4.78, 5) is 28.3. The number of para-hydroxylation sites is 2. The Labute approximate surface area is 157 Å². The highest BCUT2D eigenvalue weighted by Crippen LogP contribution is 2.40. The minimum absolute atomic E-state index is 0.0482. The van der Waals surface area contributed by atoms with Crippen molar-refractivity contribution in [2.24, 2.45) is 0 Å². The molecule has 6 nitrogen and oxygen atoms in total. The third-order valence-corrected chi connectivity index (χ3v) is 4.48. The van der Waals surface area contributed by atoms with Gasteiger partial charge in [0.15, 0.2) is 6.61 Å². The molecule has 0 atom stereocenters. The largest absolute Gasteiger partial charge is 0.454 e. The fourth-order valence-electron chi connectivity index (χ4n) is 3.03. The number of aryl methyl sites for hydroxylation is 1. The van der Waals surface area contributed by atoms with Crippen LogP contribution >= 0.6 is 0 Å². The molecule has 2 aromatic carbocycles. The Bertz CT molecular complexity index is 940. The molecule has 0 amide bonds. The number of ketones is 1. The summed E-state index contributed by atoms with van der Waals surface area (Å²) in [6, 6.07) is 16.4. The predicted octanol–water partition coefficient (Wildman–Crippen LogP) is 3.04. The van der Waals surface area contributed by atoms with Gasteiger partial charge in [0.25, 0.3) is 0 Å². The molecule has 0 fully saturated rings. The second-order valence-electron chi connectivity index (χ2n) is 6.28. The topological polar surface area (TPSA) is 73.6 Å². The Morgan fingerprint density at radius 2 is 1.56 bits per heavy atom. The molecule has 1 aliphatic rings. The molecule has 3 rings (SSSR count). The fraction of sp³-hybridized carbons (Fsp3) is 0.190. The van der Waals surface area contributed by atoms with Gasteiger partial charge in [-0.2, -0.15) is 5.26 Å². The van der Waals surface area contributed by atoms with Crippen LogP contribution in [0, 0.1) is 18.3 Å². The zero-order valence-electron chi connectivity index (χ0n) is 15.4. The first kappa shape index (κ1) is 18.2. The third kappa shape index (κ3) is 3.40. The van der Waals surface area contributed by atoms with Crippen LogP contribution in [0.4, 0.5) is 11.4 Å². The summed E-state index contributed by atoms with van der Waals surface area (Å²) in [7, 11) is 3.58. The average molecular weight is 361 g/mol. The number of nitrogens with zero attached hydrogens (tertiary/aromatic N) is 3. The number of fused-ring (bicyclic) bond motifs is 1. The van der Waals surface area contributed by atoms with Gasteiger partial charge < -0.3 is 14.5 Å². The van der Waals surface area contributed by atoms with E-state index in [4.69, 9.17) is 4.74 Å². The second-order valence-corrected chi connectivity index (χ2v) is 6.28. The number of Topliss-reactive ketones (excluding diaryl/α,β-unsaturated/α-hetero) is 1. The van der Waals surface area contributed by atoms with E-state index in [-0.39, 0.29) is 5.57 Å². The Morgan fingerprint density at radius 1 is 1.00 bits per heavy atom. The zero-order valence-corrected chi connectivity index (χ0v) is 15.4. The second kappa shape index (κ2) is 7.34. The number of carbonyl (C=O) groups is 2. The summed E-state index contributed by atoms with van der Waals surface area (Å²) in [5.41, 5.74) is 3.13. The van der Waals surface area contributed by atoms with Gasteiger partial charge >= 0.3 is 5.97 Å². The molecule has 6 heteroatoms. The van der Waals surface area contributed by atoms with E-state index in [9.17, 15) is 14.9 Å². The molecule has 1 aliphatic heterocycles. The van der Waals surface area contributed by atoms with E-state index >= 15 is 0 Å². The maximum Gasteiger partial charge on any atom is 0.338 e. The van der Waals surface area contributed by atoms with Gasteiger partial charge in [-0.05, 0) is 31.2 Å². The quantitative estimate of drug-likeness (QED) is 0.473. The molecule has 0 spiro atoms. The van der Waals surface area contributed by atoms with Crippen molar-refractivity contribution in [3.8, 4) is 6.07 Å². The van der Waals surface area contributed by atoms with Gasteiger partial charge in [-0.25, -0.2) is 4.79 Å². The molecule has 0 bridgehead atoms. The number of ether oxygens (including phenoxy) is 1. The molecule has 0 aromatic heterocycles. The van der Waals surface area contributed by atoms with Crippen molar-refractivity contribution >= 4 is 23.1 Å². The van der Waals surface area contributed by atoms with Crippen molar-refractivity contribution in [3.63, 3.8) is 0 Å². The van der Waals surface area contributed by atoms with Crippen molar-refractivity contribution in [2.75, 3.05) is 30.5 Å². The number of carbonyl (C=O) groups excluding carboxylic acids is 2. The molecule has 27 heavy (non-hydrogen) atoms. The van der Waals surface area contributed by atoms with E-state index in [2.05, 4.69) is 0 Å². The van der Waals surface area contributed by atoms with Crippen LogP contribution in [-0.2, 0) is 9.53 Å². The fourth-order valence-corrected chi connectivity index (χ4v) is 3.03. The molecule has 0 N–H and O–H groups in total. The normalized spacial score (nSPS) is 12.4. The first-order chi connectivity index (χ1) is 12.9. The van der Waals surface area contributed by atoms with E-state index in [1.165, 1.54) is 0 Å². The van der Waals surface area contributed by atoms with Crippen molar-refractivity contribution in [1.29, 1.82) is 5.26 Å². The van der Waals surface area contributed by atoms with Gasteiger partial charge in [-0.15, -0.1) is 0 Å². The molecule has 0 radical (unpaired) electrons. The average Bonchev–Trinajstić information content (AvgIpc) is 2.93. The molecule has 136 valence electrons. The number of rotatable bonds is 4. The van der Waals surface area contributed by atoms with Gasteiger partial charge in [0.1, 0.15) is 17.5 Å². The predicted molar refractivity (Wildman–Crippen MR) is 102 cm³/mol. The smallest absolute Gasteiger partial charge is 0.338 e. The van der Waals surface area contributed by atoms with Crippen LogP contribution in [0.5, 0.6) is 0 Å². The number of esters is 1. The molecule has 0 saturated carbocycles. The van der Waals surface area contributed by atoms with Crippen LogP contribution in [-0.4, -0.2) is 32.5 Å². The highest BCUT2D eigenvalue weighted by atomic mass is 16.5. The maximum atomic E-state index is 12.6. The van der Waals surface area contributed by atoms with Crippen LogP contribution in [0.1, 0.15) is 15.9 Å². The van der Waals surface area contributed by atoms with Crippen LogP contribution in [0.3, 0.4) is 0 Å². The van der Waals surface area contributed by atoms with Gasteiger partial charge in [0.2, 0.25) is 5.78 Å². The molecule has 2 aromatic rings. The lowest BCUT2D eigenvalue weighted by atomic mass is 10.1. The zero-order chi connectivity index (χ0) is 19.6. The highest BCUT2D eigenvalue weighted by molar-refractivity contribution is 6.04. The lowest BCUT2D eigenvalue weighted by Gasteiger charge is -2.19. The molecular weight excluding hydrogens is 342 g/mol. The maximum absolute atomic E-state index is 12.6. The van der Waals surface area contributed by atoms with E-state index in [0.29, 0.717) is 11.4 Å². The van der Waals surface area contributed by atoms with Crippen LogP contribution in [0.15, 0.2) is 59.9 Å². The number of benzene rings is 2. The molecular formula is C21H19N3O3. The van der Waals surface area contributed by atoms with Gasteiger partial charge in [-0.1, -0.05) is 29.8 Å². The minimum atomic E-state index is -0.595. The van der Waals surface area contributed by atoms with E-state index < -0.39 is 18.4 Å². The number of hydrogen-bond donors (Lipinski definition) is 0. The Balaban J connectivity index is 1.79. The molecule has 1 heterocycles. The van der Waals surface area contributed by atoms with Crippen molar-refractivity contribution in [2.45, 2.75) is 6.92 Å². The van der Waals surface area contributed by atoms with Crippen LogP contribution in [0.2, 0.25) is 0 Å². The lowest BCUT2D eigenvalue weighted by molar-refractivity contribution is -0.118. The first-order valence-electron chi connectivity index (χ1n) is 8.42. The summed E-state index contributed by atoms with van der Waals surface area (Å²) in [5.74, 6) is -0.670. The van der Waals surface area contributed by atoms with Gasteiger partial charge in [0, 0.05) is 14.1 Å². The SMILES string of the molecule is Cc1ccc(C(=O)OCC(=O)C(C#N)=C2N(C)c3ccccc3N2C)cc1. The Kier molecular flexibility index (Phi) is 4.95. The van der Waals surface area contributed by atoms with E-state index in [1.807, 2.05) is 37.3 Å². The Hall–Kier alpha value is -3.59. The van der Waals surface area contributed by atoms with Gasteiger partial charge in [0.05, 0.1) is 16.9 Å². The number of nitriles is 1. The first-order valence-corrected chi connectivity index (χ1v) is 8.42. The summed E-state index contributed by atoms with van der Waals surface area (Å²) in [6.07, 6.45) is 0. The van der Waals surface area contributed by atoms with Crippen molar-refractivity contribution < 1.29 is 14.3 Å². The van der Waals surface area contributed by atoms with Crippen LogP contribution in [0.25, 0.3) is 0 Å². The van der Waals surface area contributed by atoms with Crippen LogP contribution < -0.4 is 9.80 Å². The third-order valence-electron chi connectivity index (χ3n) is 4.48. The molecule has 0 aliphatic carbocycles. The monoisotopic (exact) mass is 361 g/mol. The van der Waals surface area contributed by atoms with E-state index in [1.54, 1.807) is 48.2 Å². The summed E-state index contributed by atoms with van der Waals surface area (Å²) < 4.78 is 5.11. The minimum Gasteiger partial charge on any atom is -0.454 e. The van der Waals surface area contributed by atoms with Crippen molar-refractivity contribution in [1.82, 2.24) is 0 Å². The van der Waals surface area contributed by atoms with E-state index in [0.717, 1.165) is 16.9 Å². The summed E-state index contributed by atoms with van der Waals surface area (Å²) >= 11 is 0. The Morgan fingerprint density at radius 3 is 2.07 bits per heavy atom. The summed E-state index contributed by atoms with van der Waals surface area (Å²) in [6.45, 7) is 1.42. The standard InChI is InChI=1S/C21H19N3O3/c1-14-8-10-15(11-9-14)21(26)27-13-19(25)16(12-22)20-23(2)17-6-4-5-7-18(17)24(20)3/h4-11H,13H2,1-3H3. The van der Waals surface area contributed by atoms with Crippen molar-refractivity contribution in [3.05, 3.63) is 71.1 Å². The summed E-state index contributed by atoms with van der Waals surface area (Å²) in [5, 5.41) is 9.56.